The molecule has 4 aromatic rings. The zero-order valence-corrected chi connectivity index (χ0v) is 54.7. The number of carbonyl (C=O) groups is 6. The Morgan fingerprint density at radius 1 is 0.636 bits per heavy atom. The number of rotatable bonds is 18. The van der Waals surface area contributed by atoms with Crippen molar-refractivity contribution in [1.82, 2.24) is 50.0 Å². The number of benzene rings is 2. The van der Waals surface area contributed by atoms with E-state index in [4.69, 9.17) is 19.5 Å². The molecule has 0 bridgehead atoms. The van der Waals surface area contributed by atoms with Gasteiger partial charge in [-0.05, 0) is 104 Å². The Bertz CT molecular complexity index is 3210. The number of esters is 2. The highest BCUT2D eigenvalue weighted by Gasteiger charge is 2.53. The van der Waals surface area contributed by atoms with Crippen LogP contribution in [0.3, 0.4) is 0 Å². The SMILES string of the molecule is CCOC(=O)C1=C(CN2CCN3C(=O)N(CC(C)(C)C(=O)O)CC3(C)C2)NC(c2nccs2)=N[C@H]1c1cccc(F)c1C.CCOC(=O)C1=C(CN2CCN3C(=O)N(CC(C)(C)C(=O)O)C[C@]3(C)C2)NC(c2nccs2)=N[C@H]1c1cccc(F)c1C.S.S. The van der Waals surface area contributed by atoms with Crippen LogP contribution in [0.15, 0.2) is 92.1 Å². The molecule has 2 aromatic carbocycles. The Labute approximate surface area is 532 Å². The highest BCUT2D eigenvalue weighted by Crippen LogP contribution is 2.40. The molecule has 0 saturated carbocycles. The fourth-order valence-electron chi connectivity index (χ4n) is 12.1. The fourth-order valence-corrected chi connectivity index (χ4v) is 13.3. The number of fused-ring (bicyclic) bond motifs is 2. The van der Waals surface area contributed by atoms with Crippen LogP contribution in [0.1, 0.15) is 99.7 Å². The van der Waals surface area contributed by atoms with Crippen molar-refractivity contribution in [1.29, 1.82) is 0 Å². The number of hydrogen-bond donors (Lipinski definition) is 4. The number of carboxylic acid groups (broad SMARTS) is 2. The minimum atomic E-state index is -1.08. The van der Waals surface area contributed by atoms with Gasteiger partial charge in [0.2, 0.25) is 0 Å². The number of hydrogen-bond acceptors (Lipinski definition) is 18. The van der Waals surface area contributed by atoms with Gasteiger partial charge in [-0.3, -0.25) is 29.4 Å². The highest BCUT2D eigenvalue weighted by molar-refractivity contribution is 7.59. The van der Waals surface area contributed by atoms with Gasteiger partial charge in [-0.2, -0.15) is 27.0 Å². The second-order valence-electron chi connectivity index (χ2n) is 24.2. The molecule has 88 heavy (non-hydrogen) atoms. The van der Waals surface area contributed by atoms with Gasteiger partial charge in [-0.15, -0.1) is 22.7 Å². The number of amidine groups is 2. The Morgan fingerprint density at radius 2 is 1.01 bits per heavy atom. The lowest BCUT2D eigenvalue weighted by molar-refractivity contribution is -0.148. The van der Waals surface area contributed by atoms with Crippen molar-refractivity contribution >= 4 is 97.3 Å². The molecule has 6 aliphatic rings. The van der Waals surface area contributed by atoms with E-state index >= 15 is 0 Å². The number of ether oxygens (including phenoxy) is 2. The number of carboxylic acids is 2. The summed E-state index contributed by atoms with van der Waals surface area (Å²) in [5, 5.41) is 30.9. The maximum absolute atomic E-state index is 14.7. The molecule has 8 heterocycles. The molecule has 28 heteroatoms. The van der Waals surface area contributed by atoms with Gasteiger partial charge in [0.05, 0.1) is 46.3 Å². The summed E-state index contributed by atoms with van der Waals surface area (Å²) < 4.78 is 40.5. The van der Waals surface area contributed by atoms with Crippen LogP contribution in [0.5, 0.6) is 0 Å². The van der Waals surface area contributed by atoms with Gasteiger partial charge in [-0.1, -0.05) is 24.3 Å². The van der Waals surface area contributed by atoms with Crippen molar-refractivity contribution < 1.29 is 57.2 Å². The van der Waals surface area contributed by atoms with E-state index in [1.54, 1.807) is 102 Å². The van der Waals surface area contributed by atoms with Gasteiger partial charge in [0, 0.05) is 113 Å². The summed E-state index contributed by atoms with van der Waals surface area (Å²) in [5.41, 5.74) is 0.393. The van der Waals surface area contributed by atoms with Crippen LogP contribution in [0.25, 0.3) is 0 Å². The van der Waals surface area contributed by atoms with E-state index in [1.807, 2.05) is 34.4 Å². The third-order valence-electron chi connectivity index (χ3n) is 16.6. The summed E-state index contributed by atoms with van der Waals surface area (Å²) in [5.74, 6) is -2.81. The topological polar surface area (TPSA) is 255 Å². The molecule has 2 aromatic heterocycles. The number of aromatic nitrogens is 2. The van der Waals surface area contributed by atoms with E-state index in [2.05, 4.69) is 30.4 Å². The normalized spacial score (nSPS) is 22.3. The number of carbonyl (C=O) groups excluding carboxylic acids is 4. The van der Waals surface area contributed by atoms with Gasteiger partial charge >= 0.3 is 35.9 Å². The third-order valence-corrected chi connectivity index (χ3v) is 18.2. The zero-order chi connectivity index (χ0) is 62.2. The van der Waals surface area contributed by atoms with Crippen molar-refractivity contribution in [2.45, 2.75) is 92.4 Å². The number of aliphatic carboxylic acids is 2. The zero-order valence-electron chi connectivity index (χ0n) is 51.0. The Hall–Kier alpha value is -6.98. The lowest BCUT2D eigenvalue weighted by Crippen LogP contribution is -2.60. The number of nitrogens with zero attached hydrogens (tertiary/aromatic N) is 10. The number of halogens is 2. The van der Waals surface area contributed by atoms with E-state index in [1.165, 1.54) is 34.8 Å². The molecule has 4 atom stereocenters. The predicted molar refractivity (Wildman–Crippen MR) is 339 cm³/mol. The lowest BCUT2D eigenvalue weighted by Gasteiger charge is -2.44. The molecule has 0 aliphatic carbocycles. The minimum Gasteiger partial charge on any atom is -0.481 e. The van der Waals surface area contributed by atoms with E-state index in [0.717, 1.165) is 0 Å². The first kappa shape index (κ1) is 68.5. The number of thiazole rings is 2. The Morgan fingerprint density at radius 3 is 1.34 bits per heavy atom. The standard InChI is InChI=1S/2C30H37FN6O5S.2H2S/c2*1-6-42-26(38)22-21(33-24(25-32-10-13-43-25)34-23(22)19-8-7-9-20(31)18(19)2)14-35-11-12-37-28(41)36(17-30(37,5)16-35)15-29(3,4)27(39)40;;/h2*7-10,13,23H,6,11-12,14-17H2,1-5H3,(H,33,34)(H,39,40);2*1H2/t23-,30?;23-,30-;;/m00../s1. The quantitative estimate of drug-likeness (QED) is 0.0727. The molecule has 0 spiro atoms. The molecule has 0 radical (unpaired) electrons. The van der Waals surface area contributed by atoms with Crippen LogP contribution >= 0.6 is 49.7 Å². The van der Waals surface area contributed by atoms with E-state index in [-0.39, 0.29) is 65.4 Å². The molecule has 4 saturated heterocycles. The summed E-state index contributed by atoms with van der Waals surface area (Å²) in [6, 6.07) is 7.54. The van der Waals surface area contributed by atoms with Crippen molar-refractivity contribution in [2.24, 2.45) is 20.8 Å². The second kappa shape index (κ2) is 27.4. The molecule has 476 valence electrons. The lowest BCUT2D eigenvalue weighted by atomic mass is 9.91. The van der Waals surface area contributed by atoms with Gasteiger partial charge in [0.1, 0.15) is 23.7 Å². The van der Waals surface area contributed by atoms with Gasteiger partial charge < -0.3 is 49.9 Å². The van der Waals surface area contributed by atoms with Crippen LogP contribution in [0, 0.1) is 36.3 Å². The molecule has 4 fully saturated rings. The minimum absolute atomic E-state index is 0. The number of aliphatic imine (C=N–C) groups is 2. The van der Waals surface area contributed by atoms with Crippen LogP contribution < -0.4 is 10.6 Å². The van der Waals surface area contributed by atoms with Gasteiger partial charge in [-0.25, -0.2) is 37.9 Å². The number of amides is 4. The number of nitrogens with one attached hydrogen (secondary N) is 2. The van der Waals surface area contributed by atoms with E-state index in [0.29, 0.717) is 132 Å². The monoisotopic (exact) mass is 1290 g/mol. The van der Waals surface area contributed by atoms with Crippen LogP contribution in [0.2, 0.25) is 0 Å². The van der Waals surface area contributed by atoms with Crippen molar-refractivity contribution in [2.75, 3.05) is 91.8 Å². The summed E-state index contributed by atoms with van der Waals surface area (Å²) >= 11 is 2.80. The van der Waals surface area contributed by atoms with Crippen molar-refractivity contribution in [3.63, 3.8) is 0 Å². The molecule has 1 unspecified atom stereocenters. The van der Waals surface area contributed by atoms with Crippen molar-refractivity contribution in [3.8, 4) is 0 Å². The van der Waals surface area contributed by atoms with Gasteiger partial charge in [0.25, 0.3) is 0 Å². The van der Waals surface area contributed by atoms with Gasteiger partial charge in [0.15, 0.2) is 21.7 Å². The summed E-state index contributed by atoms with van der Waals surface area (Å²) in [6.45, 7) is 22.2. The van der Waals surface area contributed by atoms with Crippen LogP contribution in [-0.4, -0.2) is 200 Å². The van der Waals surface area contributed by atoms with Crippen molar-refractivity contribution in [3.05, 3.63) is 126 Å². The highest BCUT2D eigenvalue weighted by atomic mass is 32.1. The second-order valence-corrected chi connectivity index (χ2v) is 26.0. The predicted octanol–water partition coefficient (Wildman–Crippen LogP) is 7.07. The molecule has 6 aliphatic heterocycles. The average Bonchev–Trinajstić information content (AvgIpc) is 1.53. The molecule has 4 amide bonds. The number of urea groups is 2. The first-order valence-electron chi connectivity index (χ1n) is 28.5. The Balaban J connectivity index is 0.000000245. The largest absolute Gasteiger partial charge is 0.481 e. The first-order chi connectivity index (χ1) is 40.7. The Kier molecular flexibility index (Phi) is 21.3. The molecule has 10 rings (SSSR count). The molecular weight excluding hydrogens is 1210 g/mol. The summed E-state index contributed by atoms with van der Waals surface area (Å²) in [4.78, 5) is 107. The fraction of sp³-hybridized carbons (Fsp3) is 0.500. The third kappa shape index (κ3) is 14.1. The number of piperazine rings is 2. The average molecular weight is 1290 g/mol. The maximum Gasteiger partial charge on any atom is 0.338 e. The smallest absolute Gasteiger partial charge is 0.338 e. The molecule has 4 N–H and O–H groups in total. The van der Waals surface area contributed by atoms with E-state index in [9.17, 15) is 47.8 Å². The summed E-state index contributed by atoms with van der Waals surface area (Å²) in [7, 11) is 0. The van der Waals surface area contributed by atoms with Crippen LogP contribution in [-0.2, 0) is 28.7 Å². The van der Waals surface area contributed by atoms with E-state index < -0.39 is 69.5 Å². The molecular formula is C60H78F2N12O10S4. The maximum atomic E-state index is 14.7. The summed E-state index contributed by atoms with van der Waals surface area (Å²) in [6.07, 6.45) is 3.34. The molecule has 22 nitrogen and oxygen atoms in total. The first-order valence-corrected chi connectivity index (χ1v) is 30.3. The van der Waals surface area contributed by atoms with Crippen LogP contribution in [0.4, 0.5) is 18.4 Å².